The van der Waals surface area contributed by atoms with Crippen molar-refractivity contribution in [1.82, 2.24) is 4.90 Å². The topological polar surface area (TPSA) is 20.3 Å². The lowest BCUT2D eigenvalue weighted by Crippen LogP contribution is -2.28. The number of carbonyl (C=O) groups excluding carboxylic acids is 1. The highest BCUT2D eigenvalue weighted by Crippen LogP contribution is 2.50. The summed E-state index contributed by atoms with van der Waals surface area (Å²) in [4.78, 5) is 14.2. The van der Waals surface area contributed by atoms with E-state index in [1.54, 1.807) is 11.0 Å². The number of nitrogens with zero attached hydrogens (tertiary/aromatic N) is 1. The first-order valence-corrected chi connectivity index (χ1v) is 11.3. The number of amides is 1. The standard InChI is InChI=1S/C28H41NO/c1-21(14-15-25-23(3)13-10-16-27(25,5)6)11-9-12-22(2)19-26(30)29(8)20-24(4)28(7)17-18-28/h9,11-12,14-15,19H,4,10,13,16-18,20H2,1-3,5-8H3/b12-9+,15-14+,21-11-,22-19+. The molecule has 2 aliphatic rings. The Labute approximate surface area is 184 Å². The smallest absolute Gasteiger partial charge is 0.246 e. The molecule has 0 aromatic heterocycles. The summed E-state index contributed by atoms with van der Waals surface area (Å²) in [7, 11) is 1.85. The van der Waals surface area contributed by atoms with Gasteiger partial charge in [0.25, 0.3) is 0 Å². The molecule has 0 radical (unpaired) electrons. The summed E-state index contributed by atoms with van der Waals surface area (Å²) in [6.07, 6.45) is 18.5. The van der Waals surface area contributed by atoms with E-state index in [-0.39, 0.29) is 16.7 Å². The molecule has 1 fully saturated rings. The average molecular weight is 408 g/mol. The Balaban J connectivity index is 1.93. The average Bonchev–Trinajstić information content (AvgIpc) is 3.39. The van der Waals surface area contributed by atoms with Gasteiger partial charge in [0.1, 0.15) is 0 Å². The minimum atomic E-state index is 0.0325. The highest BCUT2D eigenvalue weighted by atomic mass is 16.2. The van der Waals surface area contributed by atoms with E-state index in [0.29, 0.717) is 6.54 Å². The molecule has 0 heterocycles. The molecule has 0 bridgehead atoms. The van der Waals surface area contributed by atoms with Crippen molar-refractivity contribution in [3.05, 3.63) is 70.9 Å². The highest BCUT2D eigenvalue weighted by molar-refractivity contribution is 5.88. The van der Waals surface area contributed by atoms with Crippen LogP contribution in [0.15, 0.2) is 70.9 Å². The number of likely N-dealkylation sites (N-methyl/N-ethyl adjacent to an activating group) is 1. The Bertz CT molecular complexity index is 825. The zero-order valence-corrected chi connectivity index (χ0v) is 20.3. The van der Waals surface area contributed by atoms with Crippen LogP contribution in [0.4, 0.5) is 0 Å². The van der Waals surface area contributed by atoms with Crippen LogP contribution in [0, 0.1) is 10.8 Å². The molecule has 30 heavy (non-hydrogen) atoms. The van der Waals surface area contributed by atoms with Crippen molar-refractivity contribution in [3.8, 4) is 0 Å². The van der Waals surface area contributed by atoms with Crippen LogP contribution in [-0.2, 0) is 4.79 Å². The third-order valence-electron chi connectivity index (χ3n) is 6.78. The van der Waals surface area contributed by atoms with Crippen molar-refractivity contribution >= 4 is 5.91 Å². The van der Waals surface area contributed by atoms with Gasteiger partial charge in [0.05, 0.1) is 0 Å². The monoisotopic (exact) mass is 407 g/mol. The summed E-state index contributed by atoms with van der Waals surface area (Å²) in [6.45, 7) is 18.1. The summed E-state index contributed by atoms with van der Waals surface area (Å²) in [5.41, 5.74) is 6.85. The van der Waals surface area contributed by atoms with Gasteiger partial charge in [0.15, 0.2) is 0 Å². The van der Waals surface area contributed by atoms with Crippen molar-refractivity contribution < 1.29 is 4.79 Å². The quantitative estimate of drug-likeness (QED) is 0.234. The minimum Gasteiger partial charge on any atom is -0.338 e. The lowest BCUT2D eigenvalue weighted by Gasteiger charge is -2.32. The molecule has 0 spiro atoms. The normalized spacial score (nSPS) is 21.4. The molecule has 0 unspecified atom stereocenters. The molecule has 2 heteroatoms. The Morgan fingerprint density at radius 1 is 1.10 bits per heavy atom. The molecule has 0 saturated heterocycles. The number of carbonyl (C=O) groups is 1. The molecule has 2 aliphatic carbocycles. The van der Waals surface area contributed by atoms with Gasteiger partial charge in [0.2, 0.25) is 5.91 Å². The summed E-state index contributed by atoms with van der Waals surface area (Å²) in [5.74, 6) is 0.0325. The van der Waals surface area contributed by atoms with E-state index in [2.05, 4.69) is 59.4 Å². The summed E-state index contributed by atoms with van der Waals surface area (Å²) >= 11 is 0. The van der Waals surface area contributed by atoms with Gasteiger partial charge in [-0.1, -0.05) is 74.4 Å². The molecule has 0 aromatic carbocycles. The Hall–Kier alpha value is -2.09. The van der Waals surface area contributed by atoms with E-state index in [4.69, 9.17) is 0 Å². The van der Waals surface area contributed by atoms with Crippen molar-refractivity contribution in [1.29, 1.82) is 0 Å². The fraction of sp³-hybridized carbons (Fsp3) is 0.536. The number of allylic oxidation sites excluding steroid dienone is 9. The predicted molar refractivity (Wildman–Crippen MR) is 130 cm³/mol. The first-order valence-electron chi connectivity index (χ1n) is 11.3. The van der Waals surface area contributed by atoms with Gasteiger partial charge in [-0.05, 0) is 74.9 Å². The van der Waals surface area contributed by atoms with Crippen LogP contribution in [0.2, 0.25) is 0 Å². The lowest BCUT2D eigenvalue weighted by atomic mass is 9.72. The Morgan fingerprint density at radius 2 is 1.77 bits per heavy atom. The second-order valence-electron chi connectivity index (χ2n) is 10.3. The number of rotatable bonds is 8. The van der Waals surface area contributed by atoms with Crippen molar-refractivity contribution in [3.63, 3.8) is 0 Å². The van der Waals surface area contributed by atoms with Crippen LogP contribution in [0.25, 0.3) is 0 Å². The van der Waals surface area contributed by atoms with Gasteiger partial charge in [0, 0.05) is 19.7 Å². The first-order chi connectivity index (χ1) is 13.9. The van der Waals surface area contributed by atoms with Crippen LogP contribution >= 0.6 is 0 Å². The molecule has 2 rings (SSSR count). The first kappa shape index (κ1) is 24.2. The van der Waals surface area contributed by atoms with Gasteiger partial charge in [-0.3, -0.25) is 4.79 Å². The fourth-order valence-corrected chi connectivity index (χ4v) is 4.08. The molecule has 0 aromatic rings. The molecule has 0 atom stereocenters. The molecular weight excluding hydrogens is 366 g/mol. The second kappa shape index (κ2) is 9.81. The summed E-state index contributed by atoms with van der Waals surface area (Å²) < 4.78 is 0. The fourth-order valence-electron chi connectivity index (χ4n) is 4.08. The van der Waals surface area contributed by atoms with E-state index in [1.807, 2.05) is 26.1 Å². The molecule has 164 valence electrons. The van der Waals surface area contributed by atoms with Crippen LogP contribution < -0.4 is 0 Å². The second-order valence-corrected chi connectivity index (χ2v) is 10.3. The van der Waals surface area contributed by atoms with Gasteiger partial charge >= 0.3 is 0 Å². The lowest BCUT2D eigenvalue weighted by molar-refractivity contribution is -0.124. The Morgan fingerprint density at radius 3 is 2.37 bits per heavy atom. The highest BCUT2D eigenvalue weighted by Gasteiger charge is 2.40. The maximum absolute atomic E-state index is 12.4. The van der Waals surface area contributed by atoms with Gasteiger partial charge < -0.3 is 4.90 Å². The minimum absolute atomic E-state index is 0.0325. The molecule has 0 N–H and O–H groups in total. The maximum atomic E-state index is 12.4. The molecule has 1 amide bonds. The van der Waals surface area contributed by atoms with Gasteiger partial charge in [-0.2, -0.15) is 0 Å². The SMILES string of the molecule is C=C(CN(C)C(=O)/C=C(C)/C=C/C=C(C)\C=C\C1=C(C)CCCC1(C)C)C1(C)CC1. The predicted octanol–water partition coefficient (Wildman–Crippen LogP) is 7.33. The van der Waals surface area contributed by atoms with Crippen molar-refractivity contribution in [2.45, 2.75) is 73.6 Å². The number of hydrogen-bond acceptors (Lipinski definition) is 1. The van der Waals surface area contributed by atoms with Crippen molar-refractivity contribution in [2.75, 3.05) is 13.6 Å². The van der Waals surface area contributed by atoms with Crippen LogP contribution in [0.5, 0.6) is 0 Å². The zero-order valence-electron chi connectivity index (χ0n) is 20.3. The van der Waals surface area contributed by atoms with Gasteiger partial charge in [-0.15, -0.1) is 0 Å². The zero-order chi connectivity index (χ0) is 22.5. The van der Waals surface area contributed by atoms with E-state index in [1.165, 1.54) is 48.8 Å². The van der Waals surface area contributed by atoms with E-state index in [9.17, 15) is 4.79 Å². The molecule has 1 saturated carbocycles. The van der Waals surface area contributed by atoms with Crippen LogP contribution in [0.1, 0.15) is 73.6 Å². The van der Waals surface area contributed by atoms with Gasteiger partial charge in [-0.25, -0.2) is 0 Å². The third kappa shape index (κ3) is 6.72. The summed E-state index contributed by atoms with van der Waals surface area (Å²) in [6, 6.07) is 0. The third-order valence-corrected chi connectivity index (χ3v) is 6.78. The van der Waals surface area contributed by atoms with Crippen LogP contribution in [0.3, 0.4) is 0 Å². The molecule has 0 aliphatic heterocycles. The van der Waals surface area contributed by atoms with E-state index >= 15 is 0 Å². The molecule has 2 nitrogen and oxygen atoms in total. The Kier molecular flexibility index (Phi) is 7.91. The van der Waals surface area contributed by atoms with Crippen LogP contribution in [-0.4, -0.2) is 24.4 Å². The molecular formula is C28H41NO. The maximum Gasteiger partial charge on any atom is 0.246 e. The van der Waals surface area contributed by atoms with E-state index in [0.717, 1.165) is 11.1 Å². The largest absolute Gasteiger partial charge is 0.338 e. The van der Waals surface area contributed by atoms with E-state index < -0.39 is 0 Å². The van der Waals surface area contributed by atoms with Crippen molar-refractivity contribution in [2.24, 2.45) is 10.8 Å². The summed E-state index contributed by atoms with van der Waals surface area (Å²) in [5, 5.41) is 0. The number of hydrogen-bond donors (Lipinski definition) is 0.